The number of nitrogens with one attached hydrogen (secondary N) is 2. The number of carboxylic acids is 1. The number of carboxylic acid groups (broad SMARTS) is 1. The van der Waals surface area contributed by atoms with Crippen LogP contribution in [-0.4, -0.2) is 23.0 Å². The summed E-state index contributed by atoms with van der Waals surface area (Å²) in [6.45, 7) is 1.85. The van der Waals surface area contributed by atoms with E-state index in [0.29, 0.717) is 21.2 Å². The number of hydrogen-bond acceptors (Lipinski definition) is 4. The summed E-state index contributed by atoms with van der Waals surface area (Å²) in [7, 11) is 0. The first-order valence-corrected chi connectivity index (χ1v) is 10.5. The molecule has 0 spiro atoms. The maximum atomic E-state index is 13.0. The Labute approximate surface area is 191 Å². The molecule has 9 heteroatoms. The van der Waals surface area contributed by atoms with Crippen LogP contribution in [0.4, 0.5) is 18.9 Å². The average molecular weight is 479 g/mol. The van der Waals surface area contributed by atoms with Crippen molar-refractivity contribution in [1.29, 1.82) is 5.41 Å². The number of rotatable bonds is 7. The molecule has 0 fully saturated rings. The highest BCUT2D eigenvalue weighted by molar-refractivity contribution is 7.16. The molecular formula is C23H18ClF3N2O2S. The van der Waals surface area contributed by atoms with Crippen molar-refractivity contribution in [2.45, 2.75) is 19.5 Å². The molecule has 0 bridgehead atoms. The van der Waals surface area contributed by atoms with E-state index in [4.69, 9.17) is 22.1 Å². The summed E-state index contributed by atoms with van der Waals surface area (Å²) in [5, 5.41) is 19.6. The average Bonchev–Trinajstić information content (AvgIpc) is 3.17. The Morgan fingerprint density at radius 1 is 1.19 bits per heavy atom. The summed E-state index contributed by atoms with van der Waals surface area (Å²) >= 11 is 7.40. The predicted molar refractivity (Wildman–Crippen MR) is 123 cm³/mol. The minimum atomic E-state index is -4.79. The van der Waals surface area contributed by atoms with E-state index in [9.17, 15) is 18.0 Å². The number of para-hydroxylation sites is 1. The fraction of sp³-hybridized carbons (Fsp3) is 0.130. The molecule has 0 aliphatic heterocycles. The molecule has 0 aliphatic rings. The van der Waals surface area contributed by atoms with Crippen molar-refractivity contribution >= 4 is 46.0 Å². The van der Waals surface area contributed by atoms with Crippen LogP contribution in [0.2, 0.25) is 5.02 Å². The zero-order chi connectivity index (χ0) is 23.5. The van der Waals surface area contributed by atoms with E-state index in [-0.39, 0.29) is 12.1 Å². The van der Waals surface area contributed by atoms with Crippen LogP contribution in [0.25, 0.3) is 16.1 Å². The second-order valence-electron chi connectivity index (χ2n) is 6.96. The molecule has 32 heavy (non-hydrogen) atoms. The number of halogens is 4. The van der Waals surface area contributed by atoms with Gasteiger partial charge in [-0.05, 0) is 54.0 Å². The molecular weight excluding hydrogens is 461 g/mol. The van der Waals surface area contributed by atoms with Crippen LogP contribution in [0.15, 0.2) is 60.7 Å². The van der Waals surface area contributed by atoms with Crippen LogP contribution in [0.3, 0.4) is 0 Å². The highest BCUT2D eigenvalue weighted by Gasteiger charge is 2.33. The lowest BCUT2D eigenvalue weighted by atomic mass is 10.0. The number of aryl methyl sites for hydroxylation is 1. The summed E-state index contributed by atoms with van der Waals surface area (Å²) in [6, 6.07) is 15.4. The zero-order valence-corrected chi connectivity index (χ0v) is 18.3. The third-order valence-electron chi connectivity index (χ3n) is 4.52. The quantitative estimate of drug-likeness (QED) is 0.319. The van der Waals surface area contributed by atoms with Gasteiger partial charge >= 0.3 is 12.1 Å². The molecule has 3 N–H and O–H groups in total. The van der Waals surface area contributed by atoms with Gasteiger partial charge in [0.1, 0.15) is 5.71 Å². The second kappa shape index (κ2) is 9.58. The molecule has 4 nitrogen and oxygen atoms in total. The molecule has 1 heterocycles. The molecule has 3 aromatic rings. The molecule has 0 amide bonds. The molecule has 2 aromatic carbocycles. The third kappa shape index (κ3) is 5.77. The number of allylic oxidation sites excluding steroid dienone is 1. The standard InChI is InChI=1S/C23H18ClF3N2O2S/c1-13-10-14(11-22(30)31)6-7-15(13)19-8-9-20(32-19)18(12-21(28)23(25,26)27)29-17-5-3-2-4-16(17)24/h2-10,12,28-29H,11H2,1H3,(H,30,31)/b18-12-,28-21?. The molecule has 0 aliphatic carbocycles. The lowest BCUT2D eigenvalue weighted by molar-refractivity contribution is -0.136. The van der Waals surface area contributed by atoms with Crippen molar-refractivity contribution in [2.75, 3.05) is 5.32 Å². The third-order valence-corrected chi connectivity index (χ3v) is 6.00. The highest BCUT2D eigenvalue weighted by atomic mass is 35.5. The SMILES string of the molecule is Cc1cc(CC(=O)O)ccc1-c1ccc(/C(=C/C(=N)C(F)(F)F)Nc2ccccc2Cl)s1. The smallest absolute Gasteiger partial charge is 0.432 e. The molecule has 0 saturated carbocycles. The van der Waals surface area contributed by atoms with Crippen LogP contribution in [0.1, 0.15) is 16.0 Å². The van der Waals surface area contributed by atoms with E-state index in [2.05, 4.69) is 5.32 Å². The Hall–Kier alpha value is -3.10. The summed E-state index contributed by atoms with van der Waals surface area (Å²) in [5.41, 5.74) is 1.38. The number of hydrogen-bond donors (Lipinski definition) is 3. The number of carbonyl (C=O) groups is 1. The lowest BCUT2D eigenvalue weighted by Gasteiger charge is -2.13. The monoisotopic (exact) mass is 478 g/mol. The van der Waals surface area contributed by atoms with Crippen molar-refractivity contribution in [1.82, 2.24) is 0 Å². The van der Waals surface area contributed by atoms with Gasteiger partial charge in [0.05, 0.1) is 27.7 Å². The number of thiophene rings is 1. The maximum Gasteiger partial charge on any atom is 0.432 e. The topological polar surface area (TPSA) is 73.2 Å². The zero-order valence-electron chi connectivity index (χ0n) is 16.8. The number of alkyl halides is 3. The minimum Gasteiger partial charge on any atom is -0.481 e. The van der Waals surface area contributed by atoms with Crippen LogP contribution in [0.5, 0.6) is 0 Å². The van der Waals surface area contributed by atoms with Gasteiger partial charge in [-0.1, -0.05) is 41.9 Å². The van der Waals surface area contributed by atoms with Gasteiger partial charge in [-0.15, -0.1) is 11.3 Å². The Morgan fingerprint density at radius 3 is 2.53 bits per heavy atom. The molecule has 166 valence electrons. The van der Waals surface area contributed by atoms with E-state index in [1.165, 1.54) is 11.3 Å². The second-order valence-corrected chi connectivity index (χ2v) is 8.45. The highest BCUT2D eigenvalue weighted by Crippen LogP contribution is 2.36. The molecule has 3 rings (SSSR count). The van der Waals surface area contributed by atoms with Gasteiger partial charge in [0.2, 0.25) is 0 Å². The van der Waals surface area contributed by atoms with Crippen LogP contribution in [-0.2, 0) is 11.2 Å². The Kier molecular flexibility index (Phi) is 7.06. The first-order valence-electron chi connectivity index (χ1n) is 9.35. The van der Waals surface area contributed by atoms with Crippen molar-refractivity contribution < 1.29 is 23.1 Å². The van der Waals surface area contributed by atoms with Crippen molar-refractivity contribution in [2.24, 2.45) is 0 Å². The molecule has 1 aromatic heterocycles. The minimum absolute atomic E-state index is 0.0923. The molecule has 0 unspecified atom stereocenters. The van der Waals surface area contributed by atoms with Crippen LogP contribution in [0, 0.1) is 12.3 Å². The molecule has 0 radical (unpaired) electrons. The maximum absolute atomic E-state index is 13.0. The summed E-state index contributed by atoms with van der Waals surface area (Å²) < 4.78 is 39.1. The van der Waals surface area contributed by atoms with Gasteiger partial charge in [-0.3, -0.25) is 10.2 Å². The van der Waals surface area contributed by atoms with Crippen LogP contribution < -0.4 is 5.32 Å². The predicted octanol–water partition coefficient (Wildman–Crippen LogP) is 7.04. The Morgan fingerprint density at radius 2 is 1.91 bits per heavy atom. The first kappa shape index (κ1) is 23.6. The number of aliphatic carboxylic acids is 1. The van der Waals surface area contributed by atoms with Crippen molar-refractivity contribution in [3.05, 3.63) is 81.7 Å². The Balaban J connectivity index is 1.99. The largest absolute Gasteiger partial charge is 0.481 e. The first-order chi connectivity index (χ1) is 15.0. The van der Waals surface area contributed by atoms with E-state index >= 15 is 0 Å². The summed E-state index contributed by atoms with van der Waals surface area (Å²) in [4.78, 5) is 12.2. The normalized spacial score (nSPS) is 12.0. The fourth-order valence-electron chi connectivity index (χ4n) is 3.02. The summed E-state index contributed by atoms with van der Waals surface area (Å²) in [6.07, 6.45) is -4.14. The van der Waals surface area contributed by atoms with Gasteiger partial charge in [-0.2, -0.15) is 13.2 Å². The van der Waals surface area contributed by atoms with Gasteiger partial charge in [0.25, 0.3) is 0 Å². The molecule has 0 atom stereocenters. The molecule has 0 saturated heterocycles. The number of benzene rings is 2. The fourth-order valence-corrected chi connectivity index (χ4v) is 4.27. The number of anilines is 1. The van der Waals surface area contributed by atoms with Gasteiger partial charge in [0.15, 0.2) is 0 Å². The van der Waals surface area contributed by atoms with Crippen molar-refractivity contribution in [3.8, 4) is 10.4 Å². The van der Waals surface area contributed by atoms with E-state index in [1.807, 2.05) is 6.92 Å². The van der Waals surface area contributed by atoms with Gasteiger partial charge in [-0.25, -0.2) is 0 Å². The summed E-state index contributed by atoms with van der Waals surface area (Å²) in [5.74, 6) is -0.928. The van der Waals surface area contributed by atoms with E-state index < -0.39 is 17.9 Å². The Bertz CT molecular complexity index is 1200. The van der Waals surface area contributed by atoms with Gasteiger partial charge in [0, 0.05) is 4.88 Å². The van der Waals surface area contributed by atoms with Gasteiger partial charge < -0.3 is 10.4 Å². The van der Waals surface area contributed by atoms with E-state index in [0.717, 1.165) is 22.1 Å². The lowest BCUT2D eigenvalue weighted by Crippen LogP contribution is -2.20. The van der Waals surface area contributed by atoms with E-state index in [1.54, 1.807) is 54.6 Å². The van der Waals surface area contributed by atoms with Crippen molar-refractivity contribution in [3.63, 3.8) is 0 Å². The van der Waals surface area contributed by atoms with Crippen LogP contribution >= 0.6 is 22.9 Å².